The Morgan fingerprint density at radius 3 is 2.24 bits per heavy atom. The number of aryl methyl sites for hydroxylation is 1. The van der Waals surface area contributed by atoms with Gasteiger partial charge in [-0.15, -0.1) is 0 Å². The Morgan fingerprint density at radius 2 is 1.68 bits per heavy atom. The van der Waals surface area contributed by atoms with Crippen molar-refractivity contribution in [3.63, 3.8) is 0 Å². The summed E-state index contributed by atoms with van der Waals surface area (Å²) in [6, 6.07) is 6.98. The van der Waals surface area contributed by atoms with E-state index in [1.165, 1.54) is 11.1 Å². The summed E-state index contributed by atoms with van der Waals surface area (Å²) >= 11 is 0. The first-order valence-corrected chi connectivity index (χ1v) is 10.3. The first-order valence-electron chi connectivity index (χ1n) is 8.64. The van der Waals surface area contributed by atoms with Crippen molar-refractivity contribution >= 4 is 9.84 Å². The molecule has 0 spiro atoms. The Kier molecular flexibility index (Phi) is 8.64. The van der Waals surface area contributed by atoms with Crippen molar-refractivity contribution < 1.29 is 8.42 Å². The maximum atomic E-state index is 12.5. The average molecular weight is 359 g/mol. The van der Waals surface area contributed by atoms with Crippen molar-refractivity contribution in [2.45, 2.75) is 51.9 Å². The molecule has 0 radical (unpaired) electrons. The second-order valence-electron chi connectivity index (χ2n) is 6.66. The third-order valence-corrected chi connectivity index (χ3v) is 5.64. The van der Waals surface area contributed by atoms with Gasteiger partial charge in [0.1, 0.15) is 0 Å². The molecule has 2 nitrogen and oxygen atoms in total. The summed E-state index contributed by atoms with van der Waals surface area (Å²) in [6.45, 7) is 12.0. The predicted molar refractivity (Wildman–Crippen MR) is 109 cm³/mol. The van der Waals surface area contributed by atoms with Crippen LogP contribution < -0.4 is 0 Å². The molecule has 0 N–H and O–H groups in total. The molecule has 0 amide bonds. The molecule has 25 heavy (non-hydrogen) atoms. The summed E-state index contributed by atoms with van der Waals surface area (Å²) in [4.78, 5) is 0.360. The van der Waals surface area contributed by atoms with Crippen molar-refractivity contribution in [2.75, 3.05) is 5.75 Å². The van der Waals surface area contributed by atoms with Crippen LogP contribution in [0.15, 0.2) is 76.8 Å². The van der Waals surface area contributed by atoms with E-state index in [9.17, 15) is 8.42 Å². The van der Waals surface area contributed by atoms with Crippen molar-refractivity contribution in [1.29, 1.82) is 0 Å². The Balaban J connectivity index is 2.71. The summed E-state index contributed by atoms with van der Waals surface area (Å²) in [7, 11) is -3.33. The van der Waals surface area contributed by atoms with Gasteiger partial charge in [-0.05, 0) is 64.7 Å². The third-order valence-electron chi connectivity index (χ3n) is 3.94. The van der Waals surface area contributed by atoms with Gasteiger partial charge < -0.3 is 0 Å². The van der Waals surface area contributed by atoms with Crippen molar-refractivity contribution in [3.8, 4) is 0 Å². The van der Waals surface area contributed by atoms with Crippen LogP contribution in [0.4, 0.5) is 0 Å². The molecule has 0 fully saturated rings. The van der Waals surface area contributed by atoms with Crippen LogP contribution in [0.2, 0.25) is 0 Å². The molecule has 136 valence electrons. The zero-order valence-electron chi connectivity index (χ0n) is 15.9. The minimum Gasteiger partial charge on any atom is -0.223 e. The highest BCUT2D eigenvalue weighted by molar-refractivity contribution is 7.91. The van der Waals surface area contributed by atoms with Crippen LogP contribution in [0.3, 0.4) is 0 Å². The monoisotopic (exact) mass is 358 g/mol. The molecule has 0 atom stereocenters. The second-order valence-corrected chi connectivity index (χ2v) is 8.65. The third kappa shape index (κ3) is 8.17. The normalized spacial score (nSPS) is 12.8. The standard InChI is InChI=1S/C22H30O2S/c1-6-21(12-8-11-19(4)10-7-9-18(2)3)17-25(23,24)22-15-13-20(5)14-16-22/h6,9,11-16H,1,7-8,10,17H2,2-5H3/b19-11-,21-12-. The molecule has 1 rings (SSSR count). The van der Waals surface area contributed by atoms with E-state index in [0.717, 1.165) is 30.4 Å². The molecule has 0 aromatic heterocycles. The molecular weight excluding hydrogens is 328 g/mol. The van der Waals surface area contributed by atoms with Crippen LogP contribution in [0.5, 0.6) is 0 Å². The minimum atomic E-state index is -3.33. The molecule has 0 aliphatic carbocycles. The lowest BCUT2D eigenvalue weighted by molar-refractivity contribution is 0.598. The predicted octanol–water partition coefficient (Wildman–Crippen LogP) is 5.96. The van der Waals surface area contributed by atoms with Gasteiger partial charge in [0.25, 0.3) is 0 Å². The molecule has 0 heterocycles. The number of hydrogen-bond donors (Lipinski definition) is 0. The summed E-state index contributed by atoms with van der Waals surface area (Å²) in [5.41, 5.74) is 4.45. The second kappa shape index (κ2) is 10.2. The van der Waals surface area contributed by atoms with E-state index in [2.05, 4.69) is 39.5 Å². The lowest BCUT2D eigenvalue weighted by atomic mass is 10.1. The van der Waals surface area contributed by atoms with Crippen LogP contribution in [-0.4, -0.2) is 14.2 Å². The molecule has 0 bridgehead atoms. The van der Waals surface area contributed by atoms with Gasteiger partial charge in [-0.2, -0.15) is 0 Å². The van der Waals surface area contributed by atoms with Crippen molar-refractivity contribution in [2.24, 2.45) is 0 Å². The van der Waals surface area contributed by atoms with E-state index >= 15 is 0 Å². The maximum Gasteiger partial charge on any atom is 0.182 e. The highest BCUT2D eigenvalue weighted by Gasteiger charge is 2.15. The Hall–Kier alpha value is -1.87. The van der Waals surface area contributed by atoms with Gasteiger partial charge in [-0.1, -0.05) is 59.7 Å². The van der Waals surface area contributed by atoms with Gasteiger partial charge in [0.2, 0.25) is 0 Å². The molecule has 1 aromatic carbocycles. The first kappa shape index (κ1) is 21.2. The molecule has 0 unspecified atom stereocenters. The van der Waals surface area contributed by atoms with E-state index in [0.29, 0.717) is 4.90 Å². The number of allylic oxidation sites excluding steroid dienone is 6. The Bertz CT molecular complexity index is 757. The largest absolute Gasteiger partial charge is 0.223 e. The van der Waals surface area contributed by atoms with Gasteiger partial charge >= 0.3 is 0 Å². The first-order chi connectivity index (χ1) is 11.7. The maximum absolute atomic E-state index is 12.5. The molecule has 1 aromatic rings. The topological polar surface area (TPSA) is 34.1 Å². The fourth-order valence-electron chi connectivity index (χ4n) is 2.35. The van der Waals surface area contributed by atoms with Gasteiger partial charge in [0, 0.05) is 0 Å². The molecule has 0 aliphatic rings. The number of benzene rings is 1. The van der Waals surface area contributed by atoms with Crippen LogP contribution in [-0.2, 0) is 9.84 Å². The lowest BCUT2D eigenvalue weighted by Crippen LogP contribution is -2.08. The highest BCUT2D eigenvalue weighted by atomic mass is 32.2. The van der Waals surface area contributed by atoms with Crippen molar-refractivity contribution in [1.82, 2.24) is 0 Å². The van der Waals surface area contributed by atoms with Crippen LogP contribution in [0, 0.1) is 6.92 Å². The van der Waals surface area contributed by atoms with Crippen LogP contribution >= 0.6 is 0 Å². The van der Waals surface area contributed by atoms with Crippen LogP contribution in [0.25, 0.3) is 0 Å². The van der Waals surface area contributed by atoms with Gasteiger partial charge in [-0.25, -0.2) is 8.42 Å². The summed E-state index contributed by atoms with van der Waals surface area (Å²) < 4.78 is 25.0. The molecule has 0 saturated heterocycles. The molecule has 3 heteroatoms. The van der Waals surface area contributed by atoms with E-state index in [4.69, 9.17) is 0 Å². The molecular formula is C22H30O2S. The SMILES string of the molecule is C=C/C(=C/C/C=C(/C)CCC=C(C)C)CS(=O)(=O)c1ccc(C)cc1. The minimum absolute atomic E-state index is 0.00971. The quantitative estimate of drug-likeness (QED) is 0.403. The van der Waals surface area contributed by atoms with E-state index < -0.39 is 9.84 Å². The summed E-state index contributed by atoms with van der Waals surface area (Å²) in [5.74, 6) is -0.00971. The van der Waals surface area contributed by atoms with Crippen LogP contribution in [0.1, 0.15) is 45.6 Å². The zero-order valence-corrected chi connectivity index (χ0v) is 16.7. The average Bonchev–Trinajstić information content (AvgIpc) is 2.53. The number of rotatable bonds is 9. The van der Waals surface area contributed by atoms with Gasteiger partial charge in [0.15, 0.2) is 9.84 Å². The van der Waals surface area contributed by atoms with E-state index in [-0.39, 0.29) is 5.75 Å². The summed E-state index contributed by atoms with van der Waals surface area (Å²) in [5, 5.41) is 0. The number of sulfone groups is 1. The van der Waals surface area contributed by atoms with Gasteiger partial charge in [0.05, 0.1) is 10.6 Å². The smallest absolute Gasteiger partial charge is 0.182 e. The van der Waals surface area contributed by atoms with E-state index in [1.54, 1.807) is 18.2 Å². The molecule has 0 saturated carbocycles. The lowest BCUT2D eigenvalue weighted by Gasteiger charge is -2.06. The Morgan fingerprint density at radius 1 is 1.04 bits per heavy atom. The highest BCUT2D eigenvalue weighted by Crippen LogP contribution is 2.16. The zero-order chi connectivity index (χ0) is 18.9. The van der Waals surface area contributed by atoms with Crippen molar-refractivity contribution in [3.05, 3.63) is 77.4 Å². The fraction of sp³-hybridized carbons (Fsp3) is 0.364. The number of hydrogen-bond acceptors (Lipinski definition) is 2. The van der Waals surface area contributed by atoms with Gasteiger partial charge in [-0.3, -0.25) is 0 Å². The molecule has 0 aliphatic heterocycles. The summed E-state index contributed by atoms with van der Waals surface area (Å²) in [6.07, 6.45) is 10.8. The fourth-order valence-corrected chi connectivity index (χ4v) is 3.74. The Labute approximate surface area is 153 Å². The van der Waals surface area contributed by atoms with E-state index in [1.807, 2.05) is 25.1 Å².